The summed E-state index contributed by atoms with van der Waals surface area (Å²) in [6, 6.07) is 0. The van der Waals surface area contributed by atoms with Crippen LogP contribution in [0.5, 0.6) is 0 Å². The molecule has 0 saturated carbocycles. The molecular weight excluding hydrogens is 871 g/mol. The molecule has 0 saturated heterocycles. The highest BCUT2D eigenvalue weighted by Gasteiger charge is 2.41. The van der Waals surface area contributed by atoms with Gasteiger partial charge in [0.25, 0.3) is 0 Å². The molecule has 20 heteroatoms. The minimum absolute atomic E-state index is 0.0836. The van der Waals surface area contributed by atoms with Crippen molar-refractivity contribution in [1.82, 2.24) is 0 Å². The average molecular weight is 937 g/mol. The quantitative estimate of drug-likeness (QED) is 0.0521. The van der Waals surface area contributed by atoms with Crippen LogP contribution in [-0.4, -0.2) is 44.5 Å². The number of unbranched alkanes of at least 4 members (excludes halogenated alkanes) is 26. The zero-order valence-corrected chi connectivity index (χ0v) is 39.3. The van der Waals surface area contributed by atoms with Crippen LogP contribution >= 0.6 is 69.6 Å². The van der Waals surface area contributed by atoms with Crippen molar-refractivity contribution < 1.29 is 28.5 Å². The molecule has 0 aromatic heterocycles. The van der Waals surface area contributed by atoms with E-state index < -0.39 is 44.5 Å². The number of halogens is 6. The summed E-state index contributed by atoms with van der Waals surface area (Å²) in [5, 5.41) is 20.9. The molecule has 3 rings (SSSR count). The SMILES string of the molecule is CCCCCCCCCCCCCCCC[B-]12ON=C(Cl)/C(Cl)=N/O[B-](CCCCCCCCCCCCCCCC)(O/N=C(Cl)/C(Cl)=N/O1)O/N=C(Cl)/C(Cl)=N/O2. The van der Waals surface area contributed by atoms with Crippen LogP contribution < -0.4 is 0 Å². The van der Waals surface area contributed by atoms with Gasteiger partial charge < -0.3 is 28.5 Å². The summed E-state index contributed by atoms with van der Waals surface area (Å²) in [7, 11) is 0. The fourth-order valence-corrected chi connectivity index (χ4v) is 7.04. The summed E-state index contributed by atoms with van der Waals surface area (Å²) in [5.74, 6) is 0. The average Bonchev–Trinajstić information content (AvgIpc) is 3.23. The van der Waals surface area contributed by atoms with Gasteiger partial charge in [-0.2, -0.15) is 0 Å². The number of hydrogen-bond donors (Lipinski definition) is 0. The van der Waals surface area contributed by atoms with Crippen LogP contribution in [0.25, 0.3) is 0 Å². The molecule has 0 amide bonds. The summed E-state index contributed by atoms with van der Waals surface area (Å²) in [5.41, 5.74) is 0. The second-order valence-electron chi connectivity index (χ2n) is 15.3. The van der Waals surface area contributed by atoms with E-state index in [1.54, 1.807) is 0 Å². The molecule has 3 heterocycles. The van der Waals surface area contributed by atoms with Crippen molar-refractivity contribution in [2.24, 2.45) is 30.9 Å². The molecule has 334 valence electrons. The molecule has 3 aliphatic rings. The van der Waals surface area contributed by atoms with Gasteiger partial charge in [-0.25, -0.2) is 0 Å². The Labute approximate surface area is 377 Å². The summed E-state index contributed by atoms with van der Waals surface area (Å²) in [6.45, 7) is -1.58. The molecule has 2 bridgehead atoms. The van der Waals surface area contributed by atoms with Gasteiger partial charge in [-0.15, -0.1) is 30.9 Å². The van der Waals surface area contributed by atoms with Crippen LogP contribution in [0.1, 0.15) is 194 Å². The van der Waals surface area contributed by atoms with Crippen molar-refractivity contribution in [3.8, 4) is 0 Å². The van der Waals surface area contributed by atoms with Crippen molar-refractivity contribution in [3.63, 3.8) is 0 Å². The summed E-state index contributed by atoms with van der Waals surface area (Å²) in [4.78, 5) is 0. The minimum Gasteiger partial charge on any atom is -0.539 e. The van der Waals surface area contributed by atoms with Crippen LogP contribution in [0.3, 0.4) is 0 Å². The lowest BCUT2D eigenvalue weighted by Gasteiger charge is -2.35. The molecule has 0 atom stereocenters. The summed E-state index contributed by atoms with van der Waals surface area (Å²) in [6.07, 6.45) is 32.9. The van der Waals surface area contributed by atoms with Crippen molar-refractivity contribution >= 4 is 114 Å². The first kappa shape index (κ1) is 52.8. The molecule has 12 nitrogen and oxygen atoms in total. The highest BCUT2D eigenvalue weighted by molar-refractivity contribution is 7.01. The zero-order valence-electron chi connectivity index (χ0n) is 34.8. The minimum atomic E-state index is -3.03. The molecule has 0 N–H and O–H groups in total. The molecule has 0 unspecified atom stereocenters. The van der Waals surface area contributed by atoms with Crippen LogP contribution in [0.2, 0.25) is 12.6 Å². The third-order valence-corrected chi connectivity index (χ3v) is 11.9. The molecule has 3 aliphatic heterocycles. The van der Waals surface area contributed by atoms with E-state index in [0.717, 1.165) is 51.4 Å². The highest BCUT2D eigenvalue weighted by atomic mass is 35.5. The van der Waals surface area contributed by atoms with Crippen molar-refractivity contribution in [3.05, 3.63) is 0 Å². The van der Waals surface area contributed by atoms with Crippen molar-refractivity contribution in [2.45, 2.75) is 206 Å². The van der Waals surface area contributed by atoms with E-state index in [2.05, 4.69) is 44.8 Å². The predicted molar refractivity (Wildman–Crippen MR) is 248 cm³/mol. The smallest absolute Gasteiger partial charge is 0.539 e. The molecular formula is C38H66B2Cl6N6O6-2. The van der Waals surface area contributed by atoms with Gasteiger partial charge in [0, 0.05) is 0 Å². The van der Waals surface area contributed by atoms with Crippen LogP contribution in [-0.2, 0) is 28.5 Å². The largest absolute Gasteiger partial charge is 0.609 e. The Morgan fingerprint density at radius 3 is 0.603 bits per heavy atom. The molecule has 0 aromatic carbocycles. The zero-order chi connectivity index (χ0) is 42.2. The Balaban J connectivity index is 2.04. The number of hydrogen-bond acceptors (Lipinski definition) is 12. The summed E-state index contributed by atoms with van der Waals surface area (Å²) < 4.78 is 34.3. The van der Waals surface area contributed by atoms with E-state index in [0.29, 0.717) is 12.8 Å². The van der Waals surface area contributed by atoms with Crippen LogP contribution in [0, 0.1) is 0 Å². The maximum Gasteiger partial charge on any atom is 0.609 e. The number of oxime groups is 6. The van der Waals surface area contributed by atoms with E-state index >= 15 is 0 Å². The van der Waals surface area contributed by atoms with Crippen molar-refractivity contribution in [2.75, 3.05) is 0 Å². The number of nitrogens with zero attached hydrogens (tertiary/aromatic N) is 6. The van der Waals surface area contributed by atoms with E-state index in [1.165, 1.54) is 116 Å². The van der Waals surface area contributed by atoms with Gasteiger partial charge in [-0.3, -0.25) is 0 Å². The number of rotatable bonds is 30. The summed E-state index contributed by atoms with van der Waals surface area (Å²) >= 11 is 38.2. The van der Waals surface area contributed by atoms with E-state index in [1.807, 2.05) is 0 Å². The maximum atomic E-state index is 6.37. The van der Waals surface area contributed by atoms with Crippen molar-refractivity contribution in [1.29, 1.82) is 0 Å². The number of fused-ring (bicyclic) bond motifs is 9. The monoisotopic (exact) mass is 934 g/mol. The van der Waals surface area contributed by atoms with Gasteiger partial charge in [-0.1, -0.05) is 276 Å². The lowest BCUT2D eigenvalue weighted by Crippen LogP contribution is -2.44. The Morgan fingerprint density at radius 1 is 0.276 bits per heavy atom. The second-order valence-corrected chi connectivity index (χ2v) is 17.4. The van der Waals surface area contributed by atoms with E-state index in [-0.39, 0.29) is 12.6 Å². The maximum absolute atomic E-state index is 6.37. The Kier molecular flexibility index (Phi) is 30.4. The molecule has 0 radical (unpaired) electrons. The van der Waals surface area contributed by atoms with Crippen LogP contribution in [0.15, 0.2) is 30.9 Å². The first-order chi connectivity index (χ1) is 28.2. The van der Waals surface area contributed by atoms with E-state index in [4.69, 9.17) is 98.1 Å². The van der Waals surface area contributed by atoms with Gasteiger partial charge in [0.05, 0.1) is 0 Å². The lowest BCUT2D eigenvalue weighted by atomic mass is 9.73. The van der Waals surface area contributed by atoms with Gasteiger partial charge in [-0.05, 0) is 0 Å². The first-order valence-corrected chi connectivity index (χ1v) is 24.2. The van der Waals surface area contributed by atoms with E-state index in [9.17, 15) is 0 Å². The standard InChI is InChI=1S/C38H66B2Cl6N6O6/c1-3-5-7-9-11-13-15-17-19-21-23-25-27-29-31-39-53-47-33(41)36(44)50-56-40(57-51-37(45)34(42)48-54-39,58-52-38(46)35(43)49-55-39)32-30-28-26-24-22-20-18-16-14-12-10-8-6-4-2/h3-32H2,1-2H3/q-2/b47-33-,48-34-,49-35-,50-36-,51-37-,52-38?. The topological polar surface area (TPSA) is 130 Å². The molecule has 0 spiro atoms. The van der Waals surface area contributed by atoms with Gasteiger partial charge in [0.1, 0.15) is 0 Å². The molecule has 58 heavy (non-hydrogen) atoms. The Bertz CT molecular complexity index is 1120. The van der Waals surface area contributed by atoms with Gasteiger partial charge in [0.2, 0.25) is 31.0 Å². The van der Waals surface area contributed by atoms with Gasteiger partial charge >= 0.3 is 13.5 Å². The predicted octanol–water partition coefficient (Wildman–Crippen LogP) is 15.3. The van der Waals surface area contributed by atoms with Crippen LogP contribution in [0.4, 0.5) is 0 Å². The normalized spacial score (nSPS) is 24.8. The second kappa shape index (κ2) is 33.3. The third kappa shape index (κ3) is 24.2. The Hall–Kier alpha value is -1.31. The highest BCUT2D eigenvalue weighted by Crippen LogP contribution is 2.27. The third-order valence-electron chi connectivity index (χ3n) is 10.1. The first-order valence-electron chi connectivity index (χ1n) is 22.0. The molecule has 0 aromatic rings. The fraction of sp³-hybridized carbons (Fsp3) is 0.842. The fourth-order valence-electron chi connectivity index (χ4n) is 6.59. The molecule has 0 aliphatic carbocycles. The Morgan fingerprint density at radius 2 is 0.431 bits per heavy atom. The lowest BCUT2D eigenvalue weighted by molar-refractivity contribution is 0.0629. The molecule has 0 fully saturated rings. The van der Waals surface area contributed by atoms with Gasteiger partial charge in [0.15, 0.2) is 0 Å².